The van der Waals surface area contributed by atoms with E-state index in [-0.39, 0.29) is 6.04 Å². The summed E-state index contributed by atoms with van der Waals surface area (Å²) in [6, 6.07) is 4.21. The van der Waals surface area contributed by atoms with Crippen molar-refractivity contribution in [1.29, 1.82) is 0 Å². The molecule has 0 saturated carbocycles. The molecule has 1 amide bonds. The van der Waals surface area contributed by atoms with E-state index in [9.17, 15) is 4.79 Å². The number of amides is 1. The van der Waals surface area contributed by atoms with Gasteiger partial charge >= 0.3 is 0 Å². The Bertz CT molecular complexity index is 299. The molecule has 0 aliphatic carbocycles. The summed E-state index contributed by atoms with van der Waals surface area (Å²) in [5, 5.41) is 0. The summed E-state index contributed by atoms with van der Waals surface area (Å²) in [6.07, 6.45) is 7.95. The van der Waals surface area contributed by atoms with Gasteiger partial charge in [-0.3, -0.25) is 9.78 Å². The van der Waals surface area contributed by atoms with Gasteiger partial charge in [0.1, 0.15) is 0 Å². The van der Waals surface area contributed by atoms with Gasteiger partial charge < -0.3 is 4.90 Å². The fraction of sp³-hybridized carbons (Fsp3) is 0.455. The van der Waals surface area contributed by atoms with Crippen molar-refractivity contribution < 1.29 is 4.79 Å². The van der Waals surface area contributed by atoms with Crippen LogP contribution in [-0.2, 0) is 4.79 Å². The van der Waals surface area contributed by atoms with Crippen molar-refractivity contribution >= 4 is 6.41 Å². The minimum atomic E-state index is 0.245. The molecule has 1 atom stereocenters. The second-order valence-electron chi connectivity index (χ2n) is 3.64. The molecule has 1 aromatic heterocycles. The molecule has 0 aromatic carbocycles. The van der Waals surface area contributed by atoms with Crippen LogP contribution >= 0.6 is 0 Å². The third-order valence-electron chi connectivity index (χ3n) is 2.75. The van der Waals surface area contributed by atoms with Gasteiger partial charge in [0.05, 0.1) is 6.04 Å². The number of nitrogens with zero attached hydrogens (tertiary/aromatic N) is 2. The third kappa shape index (κ3) is 1.76. The first-order chi connectivity index (χ1) is 6.92. The van der Waals surface area contributed by atoms with E-state index in [0.29, 0.717) is 0 Å². The molecule has 1 aliphatic rings. The summed E-state index contributed by atoms with van der Waals surface area (Å²) in [6.45, 7) is 0.878. The Kier molecular flexibility index (Phi) is 2.77. The SMILES string of the molecule is O=CN1CCCCC1c1cccnc1. The fourth-order valence-corrected chi connectivity index (χ4v) is 2.01. The van der Waals surface area contributed by atoms with E-state index >= 15 is 0 Å². The average Bonchev–Trinajstić information content (AvgIpc) is 2.30. The van der Waals surface area contributed by atoms with E-state index in [4.69, 9.17) is 0 Å². The second-order valence-corrected chi connectivity index (χ2v) is 3.64. The predicted molar refractivity (Wildman–Crippen MR) is 53.6 cm³/mol. The molecule has 1 fully saturated rings. The Morgan fingerprint density at radius 1 is 1.50 bits per heavy atom. The van der Waals surface area contributed by atoms with E-state index < -0.39 is 0 Å². The molecule has 3 heteroatoms. The zero-order chi connectivity index (χ0) is 9.80. The largest absolute Gasteiger partial charge is 0.338 e. The highest BCUT2D eigenvalue weighted by molar-refractivity contribution is 5.49. The van der Waals surface area contributed by atoms with Crippen LogP contribution in [0.5, 0.6) is 0 Å². The molecule has 1 aliphatic heterocycles. The highest BCUT2D eigenvalue weighted by atomic mass is 16.1. The number of carbonyl (C=O) groups is 1. The molecule has 0 N–H and O–H groups in total. The predicted octanol–water partition coefficient (Wildman–Crippen LogP) is 1.76. The van der Waals surface area contributed by atoms with Gasteiger partial charge in [0.25, 0.3) is 0 Å². The molecule has 1 unspecified atom stereocenters. The van der Waals surface area contributed by atoms with Crippen molar-refractivity contribution in [3.8, 4) is 0 Å². The van der Waals surface area contributed by atoms with Crippen LogP contribution in [0.15, 0.2) is 24.5 Å². The number of piperidine rings is 1. The maximum absolute atomic E-state index is 10.8. The van der Waals surface area contributed by atoms with Crippen molar-refractivity contribution in [3.63, 3.8) is 0 Å². The first-order valence-electron chi connectivity index (χ1n) is 5.03. The average molecular weight is 190 g/mol. The lowest BCUT2D eigenvalue weighted by atomic mass is 9.97. The molecule has 14 heavy (non-hydrogen) atoms. The van der Waals surface area contributed by atoms with Crippen LogP contribution in [-0.4, -0.2) is 22.8 Å². The Balaban J connectivity index is 2.19. The van der Waals surface area contributed by atoms with E-state index in [1.807, 2.05) is 23.2 Å². The Labute approximate surface area is 83.8 Å². The normalized spacial score (nSPS) is 22.0. The fourth-order valence-electron chi connectivity index (χ4n) is 2.01. The third-order valence-corrected chi connectivity index (χ3v) is 2.75. The topological polar surface area (TPSA) is 33.2 Å². The standard InChI is InChI=1S/C11H14N2O/c14-9-13-7-2-1-5-11(13)10-4-3-6-12-8-10/h3-4,6,8-9,11H,1-2,5,7H2. The molecular weight excluding hydrogens is 176 g/mol. The lowest BCUT2D eigenvalue weighted by Gasteiger charge is -2.32. The molecule has 0 radical (unpaired) electrons. The van der Waals surface area contributed by atoms with E-state index in [0.717, 1.165) is 31.4 Å². The molecule has 3 nitrogen and oxygen atoms in total. The summed E-state index contributed by atoms with van der Waals surface area (Å²) in [7, 11) is 0. The molecule has 2 rings (SSSR count). The first kappa shape index (κ1) is 9.19. The summed E-state index contributed by atoms with van der Waals surface area (Å²) in [4.78, 5) is 16.8. The van der Waals surface area contributed by atoms with Gasteiger partial charge in [-0.15, -0.1) is 0 Å². The van der Waals surface area contributed by atoms with Gasteiger partial charge in [0.15, 0.2) is 0 Å². The van der Waals surface area contributed by atoms with Crippen LogP contribution in [0.2, 0.25) is 0 Å². The van der Waals surface area contributed by atoms with Crippen molar-refractivity contribution in [3.05, 3.63) is 30.1 Å². The zero-order valence-electron chi connectivity index (χ0n) is 8.10. The number of aromatic nitrogens is 1. The van der Waals surface area contributed by atoms with Crippen molar-refractivity contribution in [1.82, 2.24) is 9.88 Å². The highest BCUT2D eigenvalue weighted by Crippen LogP contribution is 2.28. The van der Waals surface area contributed by atoms with Crippen LogP contribution in [0.25, 0.3) is 0 Å². The first-order valence-corrected chi connectivity index (χ1v) is 5.03. The van der Waals surface area contributed by atoms with E-state index in [1.165, 1.54) is 6.42 Å². The molecular formula is C11H14N2O. The molecule has 2 heterocycles. The summed E-state index contributed by atoms with van der Waals surface area (Å²) >= 11 is 0. The van der Waals surface area contributed by atoms with Crippen LogP contribution < -0.4 is 0 Å². The van der Waals surface area contributed by atoms with Crippen LogP contribution in [0.4, 0.5) is 0 Å². The van der Waals surface area contributed by atoms with Gasteiger partial charge in [-0.05, 0) is 30.9 Å². The number of pyridine rings is 1. The zero-order valence-corrected chi connectivity index (χ0v) is 8.10. The number of carbonyl (C=O) groups excluding carboxylic acids is 1. The summed E-state index contributed by atoms with van der Waals surface area (Å²) in [5.41, 5.74) is 1.15. The van der Waals surface area contributed by atoms with Gasteiger partial charge in [0, 0.05) is 18.9 Å². The van der Waals surface area contributed by atoms with Crippen LogP contribution in [0.1, 0.15) is 30.9 Å². The van der Waals surface area contributed by atoms with Gasteiger partial charge in [0.2, 0.25) is 6.41 Å². The van der Waals surface area contributed by atoms with Gasteiger partial charge in [-0.2, -0.15) is 0 Å². The summed E-state index contributed by atoms with van der Waals surface area (Å²) in [5.74, 6) is 0. The minimum absolute atomic E-state index is 0.245. The lowest BCUT2D eigenvalue weighted by Crippen LogP contribution is -2.32. The molecule has 0 spiro atoms. The van der Waals surface area contributed by atoms with Crippen molar-refractivity contribution in [2.24, 2.45) is 0 Å². The number of rotatable bonds is 2. The molecule has 0 bridgehead atoms. The quantitative estimate of drug-likeness (QED) is 0.666. The van der Waals surface area contributed by atoms with Crippen molar-refractivity contribution in [2.45, 2.75) is 25.3 Å². The minimum Gasteiger partial charge on any atom is -0.338 e. The second kappa shape index (κ2) is 4.22. The molecule has 74 valence electrons. The Morgan fingerprint density at radius 2 is 2.43 bits per heavy atom. The van der Waals surface area contributed by atoms with Crippen LogP contribution in [0, 0.1) is 0 Å². The maximum atomic E-state index is 10.8. The number of hydrogen-bond donors (Lipinski definition) is 0. The van der Waals surface area contributed by atoms with E-state index in [2.05, 4.69) is 4.98 Å². The van der Waals surface area contributed by atoms with E-state index in [1.54, 1.807) is 6.20 Å². The Morgan fingerprint density at radius 3 is 3.14 bits per heavy atom. The summed E-state index contributed by atoms with van der Waals surface area (Å²) < 4.78 is 0. The van der Waals surface area contributed by atoms with Gasteiger partial charge in [-0.25, -0.2) is 0 Å². The molecule has 1 saturated heterocycles. The lowest BCUT2D eigenvalue weighted by molar-refractivity contribution is -0.121. The monoisotopic (exact) mass is 190 g/mol. The Hall–Kier alpha value is -1.38. The van der Waals surface area contributed by atoms with Crippen LogP contribution in [0.3, 0.4) is 0 Å². The number of hydrogen-bond acceptors (Lipinski definition) is 2. The maximum Gasteiger partial charge on any atom is 0.210 e. The highest BCUT2D eigenvalue weighted by Gasteiger charge is 2.22. The molecule has 1 aromatic rings. The number of likely N-dealkylation sites (tertiary alicyclic amines) is 1. The van der Waals surface area contributed by atoms with Gasteiger partial charge in [-0.1, -0.05) is 6.07 Å². The smallest absolute Gasteiger partial charge is 0.210 e. The van der Waals surface area contributed by atoms with Crippen molar-refractivity contribution in [2.75, 3.05) is 6.54 Å².